The minimum Gasteiger partial charge on any atom is -0.327 e. The van der Waals surface area contributed by atoms with Crippen molar-refractivity contribution in [3.63, 3.8) is 0 Å². The number of sulfonamides is 1. The van der Waals surface area contributed by atoms with Crippen LogP contribution < -0.4 is 5.73 Å². The molecule has 0 aliphatic carbocycles. The Labute approximate surface area is 92.9 Å². The zero-order valence-electron chi connectivity index (χ0n) is 9.65. The molecule has 1 aliphatic heterocycles. The quantitative estimate of drug-likeness (QED) is 0.782. The monoisotopic (exact) mass is 234 g/mol. The maximum absolute atomic E-state index is 11.8. The molecular weight excluding hydrogens is 212 g/mol. The molecule has 1 saturated heterocycles. The average molecular weight is 234 g/mol. The van der Waals surface area contributed by atoms with E-state index in [1.54, 1.807) is 4.31 Å². The van der Waals surface area contributed by atoms with Gasteiger partial charge >= 0.3 is 0 Å². The molecule has 4 nitrogen and oxygen atoms in total. The molecule has 0 spiro atoms. The maximum atomic E-state index is 11.8. The topological polar surface area (TPSA) is 63.4 Å². The summed E-state index contributed by atoms with van der Waals surface area (Å²) in [6.07, 6.45) is 2.43. The van der Waals surface area contributed by atoms with Crippen LogP contribution in [0.1, 0.15) is 33.1 Å². The zero-order chi connectivity index (χ0) is 11.5. The first-order valence-corrected chi connectivity index (χ1v) is 7.35. The molecule has 0 amide bonds. The van der Waals surface area contributed by atoms with Gasteiger partial charge in [-0.3, -0.25) is 0 Å². The Kier molecular flexibility index (Phi) is 4.55. The number of piperidine rings is 1. The van der Waals surface area contributed by atoms with Crippen LogP contribution in [0.5, 0.6) is 0 Å². The lowest BCUT2D eigenvalue weighted by Crippen LogP contribution is -2.49. The van der Waals surface area contributed by atoms with Gasteiger partial charge in [0, 0.05) is 19.1 Å². The summed E-state index contributed by atoms with van der Waals surface area (Å²) in [5.41, 5.74) is 5.95. The van der Waals surface area contributed by atoms with E-state index < -0.39 is 10.0 Å². The molecule has 1 heterocycles. The summed E-state index contributed by atoms with van der Waals surface area (Å²) in [6, 6.07) is 0.170. The zero-order valence-corrected chi connectivity index (χ0v) is 10.5. The summed E-state index contributed by atoms with van der Waals surface area (Å²) < 4.78 is 25.3. The third kappa shape index (κ3) is 3.16. The Hall–Kier alpha value is -0.130. The molecule has 0 radical (unpaired) electrons. The Balaban J connectivity index is 2.66. The van der Waals surface area contributed by atoms with Gasteiger partial charge in [0.2, 0.25) is 10.0 Å². The van der Waals surface area contributed by atoms with Gasteiger partial charge < -0.3 is 5.73 Å². The van der Waals surface area contributed by atoms with Crippen LogP contribution in [0.4, 0.5) is 0 Å². The summed E-state index contributed by atoms with van der Waals surface area (Å²) in [7, 11) is -3.02. The molecule has 0 saturated carbocycles. The normalized spacial score (nSPS) is 29.3. The molecule has 0 aromatic carbocycles. The molecule has 5 heteroatoms. The van der Waals surface area contributed by atoms with E-state index in [0.717, 1.165) is 12.8 Å². The fourth-order valence-electron chi connectivity index (χ4n) is 2.09. The first kappa shape index (κ1) is 12.9. The van der Waals surface area contributed by atoms with Crippen molar-refractivity contribution in [3.05, 3.63) is 0 Å². The molecule has 1 rings (SSSR count). The van der Waals surface area contributed by atoms with Crippen LogP contribution in [0.15, 0.2) is 0 Å². The molecule has 1 fully saturated rings. The molecule has 0 aromatic heterocycles. The van der Waals surface area contributed by atoms with Crippen molar-refractivity contribution in [2.45, 2.75) is 39.2 Å². The van der Waals surface area contributed by atoms with Crippen molar-refractivity contribution in [1.29, 1.82) is 0 Å². The highest BCUT2D eigenvalue weighted by atomic mass is 32.2. The van der Waals surface area contributed by atoms with Crippen molar-refractivity contribution in [1.82, 2.24) is 4.31 Å². The van der Waals surface area contributed by atoms with E-state index in [1.807, 2.05) is 6.92 Å². The van der Waals surface area contributed by atoms with Crippen molar-refractivity contribution >= 4 is 10.0 Å². The Morgan fingerprint density at radius 1 is 1.40 bits per heavy atom. The Bertz CT molecular complexity index is 290. The van der Waals surface area contributed by atoms with Crippen LogP contribution in [-0.4, -0.2) is 37.6 Å². The second-order valence-electron chi connectivity index (χ2n) is 4.29. The van der Waals surface area contributed by atoms with E-state index in [-0.39, 0.29) is 11.8 Å². The molecule has 2 N–H and O–H groups in total. The van der Waals surface area contributed by atoms with Crippen LogP contribution in [-0.2, 0) is 10.0 Å². The highest BCUT2D eigenvalue weighted by Gasteiger charge is 2.31. The fourth-order valence-corrected chi connectivity index (χ4v) is 3.66. The van der Waals surface area contributed by atoms with Gasteiger partial charge in [-0.1, -0.05) is 20.3 Å². The molecule has 90 valence electrons. The lowest BCUT2D eigenvalue weighted by Gasteiger charge is -2.35. The fraction of sp³-hybridized carbons (Fsp3) is 1.00. The first-order valence-electron chi connectivity index (χ1n) is 5.74. The van der Waals surface area contributed by atoms with E-state index >= 15 is 0 Å². The highest BCUT2D eigenvalue weighted by Crippen LogP contribution is 2.21. The van der Waals surface area contributed by atoms with Gasteiger partial charge in [-0.05, 0) is 18.8 Å². The number of rotatable bonds is 4. The van der Waals surface area contributed by atoms with Gasteiger partial charge in [0.25, 0.3) is 0 Å². The number of nitrogens with zero attached hydrogens (tertiary/aromatic N) is 1. The van der Waals surface area contributed by atoms with E-state index in [9.17, 15) is 8.42 Å². The summed E-state index contributed by atoms with van der Waals surface area (Å²) in [4.78, 5) is 0. The van der Waals surface area contributed by atoms with Gasteiger partial charge in [-0.15, -0.1) is 0 Å². The lowest BCUT2D eigenvalue weighted by atomic mass is 9.92. The van der Waals surface area contributed by atoms with Crippen molar-refractivity contribution in [3.8, 4) is 0 Å². The van der Waals surface area contributed by atoms with Crippen molar-refractivity contribution < 1.29 is 8.42 Å². The number of hydrogen-bond donors (Lipinski definition) is 1. The molecular formula is C10H22N2O2S. The third-order valence-corrected chi connectivity index (χ3v) is 5.18. The van der Waals surface area contributed by atoms with E-state index in [1.165, 1.54) is 0 Å². The van der Waals surface area contributed by atoms with Crippen LogP contribution in [0.25, 0.3) is 0 Å². The van der Waals surface area contributed by atoms with Gasteiger partial charge in [0.15, 0.2) is 0 Å². The maximum Gasteiger partial charge on any atom is 0.214 e. The standard InChI is InChI=1S/C10H22N2O2S/c1-3-7-15(13,14)12-6-5-10(11)9(4-2)8-12/h9-10H,3-8,11H2,1-2H3. The molecule has 2 atom stereocenters. The molecule has 0 aromatic rings. The molecule has 0 bridgehead atoms. The van der Waals surface area contributed by atoms with E-state index in [0.29, 0.717) is 25.4 Å². The molecule has 2 unspecified atom stereocenters. The first-order chi connectivity index (χ1) is 7.01. The minimum absolute atomic E-state index is 0.170. The van der Waals surface area contributed by atoms with Gasteiger partial charge in [0.1, 0.15) is 0 Å². The highest BCUT2D eigenvalue weighted by molar-refractivity contribution is 7.89. The van der Waals surface area contributed by atoms with Gasteiger partial charge in [0.05, 0.1) is 5.75 Å². The van der Waals surface area contributed by atoms with Gasteiger partial charge in [-0.2, -0.15) is 0 Å². The molecule has 1 aliphatic rings. The second kappa shape index (κ2) is 5.27. The minimum atomic E-state index is -3.02. The summed E-state index contributed by atoms with van der Waals surface area (Å²) >= 11 is 0. The van der Waals surface area contributed by atoms with Gasteiger partial charge in [-0.25, -0.2) is 12.7 Å². The smallest absolute Gasteiger partial charge is 0.214 e. The van der Waals surface area contributed by atoms with Crippen LogP contribution in [0.2, 0.25) is 0 Å². The van der Waals surface area contributed by atoms with Crippen LogP contribution >= 0.6 is 0 Å². The Morgan fingerprint density at radius 2 is 2.07 bits per heavy atom. The average Bonchev–Trinajstić information content (AvgIpc) is 2.18. The van der Waals surface area contributed by atoms with Crippen molar-refractivity contribution in [2.75, 3.05) is 18.8 Å². The predicted octanol–water partition coefficient (Wildman–Crippen LogP) is 0.785. The summed E-state index contributed by atoms with van der Waals surface area (Å²) in [5, 5.41) is 0. The largest absolute Gasteiger partial charge is 0.327 e. The molecule has 15 heavy (non-hydrogen) atoms. The second-order valence-corrected chi connectivity index (χ2v) is 6.38. The van der Waals surface area contributed by atoms with E-state index in [4.69, 9.17) is 5.73 Å². The van der Waals surface area contributed by atoms with Crippen LogP contribution in [0.3, 0.4) is 0 Å². The predicted molar refractivity (Wildman–Crippen MR) is 62.0 cm³/mol. The van der Waals surface area contributed by atoms with Crippen molar-refractivity contribution in [2.24, 2.45) is 11.7 Å². The lowest BCUT2D eigenvalue weighted by molar-refractivity contribution is 0.230. The number of hydrogen-bond acceptors (Lipinski definition) is 3. The summed E-state index contributed by atoms with van der Waals surface area (Å²) in [5.74, 6) is 0.587. The summed E-state index contributed by atoms with van der Waals surface area (Å²) in [6.45, 7) is 5.17. The van der Waals surface area contributed by atoms with Crippen LogP contribution in [0, 0.1) is 5.92 Å². The Morgan fingerprint density at radius 3 is 2.60 bits per heavy atom. The van der Waals surface area contributed by atoms with E-state index in [2.05, 4.69) is 6.92 Å². The SMILES string of the molecule is CCCS(=O)(=O)N1CCC(N)C(CC)C1. The number of nitrogens with two attached hydrogens (primary N) is 1. The third-order valence-electron chi connectivity index (χ3n) is 3.14.